The molecule has 0 radical (unpaired) electrons. The number of hydrogen-bond acceptors (Lipinski definition) is 3. The van der Waals surface area contributed by atoms with Gasteiger partial charge in [0.05, 0.1) is 18.4 Å². The van der Waals surface area contributed by atoms with E-state index in [0.717, 1.165) is 10.0 Å². The summed E-state index contributed by atoms with van der Waals surface area (Å²) in [5, 5.41) is 0. The van der Waals surface area contributed by atoms with Crippen LogP contribution in [0, 0.1) is 18.4 Å². The van der Waals surface area contributed by atoms with Gasteiger partial charge in [0.1, 0.15) is 8.07 Å². The third-order valence-corrected chi connectivity index (χ3v) is 4.22. The molecule has 0 bridgehead atoms. The number of anilines is 1. The van der Waals surface area contributed by atoms with Gasteiger partial charge in [0, 0.05) is 10.0 Å². The van der Waals surface area contributed by atoms with Crippen molar-refractivity contribution in [1.29, 1.82) is 0 Å². The summed E-state index contributed by atoms with van der Waals surface area (Å²) < 4.78 is 5.58. The lowest BCUT2D eigenvalue weighted by atomic mass is 10.0. The van der Waals surface area contributed by atoms with Crippen LogP contribution in [0.25, 0.3) is 0 Å². The lowest BCUT2D eigenvalue weighted by molar-refractivity contribution is 0.0601. The third-order valence-electron chi connectivity index (χ3n) is 2.53. The van der Waals surface area contributed by atoms with Crippen molar-refractivity contribution in [3.8, 4) is 11.5 Å². The van der Waals surface area contributed by atoms with Crippen LogP contribution in [0.3, 0.4) is 0 Å². The number of ether oxygens (including phenoxy) is 1. The predicted molar refractivity (Wildman–Crippen MR) is 84.9 cm³/mol. The summed E-state index contributed by atoms with van der Waals surface area (Å²) in [4.78, 5) is 11.8. The normalized spacial score (nSPS) is 10.6. The van der Waals surface area contributed by atoms with Crippen LogP contribution < -0.4 is 5.73 Å². The molecule has 1 rings (SSSR count). The number of hydrogen-bond donors (Lipinski definition) is 1. The molecule has 2 N–H and O–H groups in total. The Kier molecular flexibility index (Phi) is 4.83. The second kappa shape index (κ2) is 5.80. The highest BCUT2D eigenvalue weighted by Gasteiger charge is 2.18. The van der Waals surface area contributed by atoms with E-state index in [1.807, 2.05) is 13.0 Å². The van der Waals surface area contributed by atoms with Crippen molar-refractivity contribution in [3.05, 3.63) is 27.2 Å². The number of nitrogens with two attached hydrogens (primary N) is 1. The highest BCUT2D eigenvalue weighted by Crippen LogP contribution is 2.29. The second-order valence-corrected chi connectivity index (χ2v) is 10.9. The van der Waals surface area contributed by atoms with Crippen molar-refractivity contribution in [2.75, 3.05) is 12.8 Å². The van der Waals surface area contributed by atoms with Gasteiger partial charge < -0.3 is 10.5 Å². The number of methoxy groups -OCH3 is 1. The molecule has 1 aromatic rings. The van der Waals surface area contributed by atoms with Gasteiger partial charge in [0.15, 0.2) is 0 Å². The van der Waals surface area contributed by atoms with Crippen LogP contribution in [-0.4, -0.2) is 21.2 Å². The molecule has 1 aromatic carbocycles. The second-order valence-electron chi connectivity index (χ2n) is 5.31. The fraction of sp³-hybridized carbons (Fsp3) is 0.357. The molecule has 0 heterocycles. The van der Waals surface area contributed by atoms with E-state index < -0.39 is 14.0 Å². The minimum absolute atomic E-state index is 0.386. The molecule has 3 nitrogen and oxygen atoms in total. The number of esters is 1. The largest absolute Gasteiger partial charge is 0.465 e. The van der Waals surface area contributed by atoms with E-state index in [9.17, 15) is 4.79 Å². The Bertz CT molecular complexity index is 580. The van der Waals surface area contributed by atoms with Gasteiger partial charge in [-0.1, -0.05) is 41.5 Å². The van der Waals surface area contributed by atoms with Crippen molar-refractivity contribution in [2.45, 2.75) is 26.6 Å². The summed E-state index contributed by atoms with van der Waals surface area (Å²) in [6.45, 7) is 8.28. The fourth-order valence-corrected chi connectivity index (χ4v) is 2.43. The van der Waals surface area contributed by atoms with Crippen molar-refractivity contribution < 1.29 is 9.53 Å². The first-order valence-electron chi connectivity index (χ1n) is 5.87. The maximum atomic E-state index is 11.8. The molecule has 0 aromatic heterocycles. The topological polar surface area (TPSA) is 52.3 Å². The summed E-state index contributed by atoms with van der Waals surface area (Å²) in [6, 6.07) is 1.85. The van der Waals surface area contributed by atoms with Crippen molar-refractivity contribution >= 4 is 35.7 Å². The van der Waals surface area contributed by atoms with Crippen LogP contribution in [0.4, 0.5) is 5.69 Å². The van der Waals surface area contributed by atoms with Crippen LogP contribution in [0.5, 0.6) is 0 Å². The lowest BCUT2D eigenvalue weighted by Crippen LogP contribution is -2.16. The molecule has 5 heteroatoms. The van der Waals surface area contributed by atoms with Gasteiger partial charge in [-0.2, -0.15) is 0 Å². The molecular weight excluding hydrogens is 322 g/mol. The Morgan fingerprint density at radius 1 is 1.42 bits per heavy atom. The van der Waals surface area contributed by atoms with E-state index in [-0.39, 0.29) is 0 Å². The smallest absolute Gasteiger partial charge is 0.340 e. The van der Waals surface area contributed by atoms with Gasteiger partial charge >= 0.3 is 5.97 Å². The minimum atomic E-state index is -1.49. The first kappa shape index (κ1) is 15.8. The Hall–Kier alpha value is -1.25. The number of benzene rings is 1. The number of carbonyl (C=O) groups is 1. The quantitative estimate of drug-likeness (QED) is 0.369. The minimum Gasteiger partial charge on any atom is -0.465 e. The summed E-state index contributed by atoms with van der Waals surface area (Å²) in [7, 11) is -0.152. The van der Waals surface area contributed by atoms with Gasteiger partial charge in [-0.05, 0) is 18.6 Å². The molecule has 102 valence electrons. The van der Waals surface area contributed by atoms with Crippen LogP contribution in [-0.2, 0) is 4.74 Å². The van der Waals surface area contributed by atoms with Crippen LogP contribution in [0.1, 0.15) is 21.5 Å². The summed E-state index contributed by atoms with van der Waals surface area (Å²) in [6.07, 6.45) is 0. The molecule has 0 aliphatic rings. The van der Waals surface area contributed by atoms with E-state index in [2.05, 4.69) is 47.0 Å². The van der Waals surface area contributed by atoms with Crippen LogP contribution in [0.2, 0.25) is 19.6 Å². The fourth-order valence-electron chi connectivity index (χ4n) is 1.49. The number of rotatable bonds is 1. The molecule has 0 aliphatic carbocycles. The molecule has 0 fully saturated rings. The van der Waals surface area contributed by atoms with E-state index in [0.29, 0.717) is 16.8 Å². The third kappa shape index (κ3) is 3.85. The maximum absolute atomic E-state index is 11.8. The van der Waals surface area contributed by atoms with E-state index in [4.69, 9.17) is 10.5 Å². The molecule has 0 spiro atoms. The molecule has 19 heavy (non-hydrogen) atoms. The molecule has 0 atom stereocenters. The Morgan fingerprint density at radius 3 is 2.47 bits per heavy atom. The van der Waals surface area contributed by atoms with E-state index >= 15 is 0 Å². The SMILES string of the molecule is COC(=O)c1c(C)c(Br)cc(C#C[Si](C)(C)C)c1N. The summed E-state index contributed by atoms with van der Waals surface area (Å²) in [5.41, 5.74) is 11.5. The average Bonchev–Trinajstić information content (AvgIpc) is 2.31. The molecule has 0 amide bonds. The first-order valence-corrected chi connectivity index (χ1v) is 10.2. The van der Waals surface area contributed by atoms with Crippen LogP contribution in [0.15, 0.2) is 10.5 Å². The van der Waals surface area contributed by atoms with Gasteiger partial charge in [-0.3, -0.25) is 0 Å². The molecule has 0 saturated heterocycles. The number of halogens is 1. The standard InChI is InChI=1S/C14H18BrNO2Si/c1-9-11(15)8-10(6-7-19(3,4)5)13(16)12(9)14(17)18-2/h8H,16H2,1-5H3. The van der Waals surface area contributed by atoms with Crippen molar-refractivity contribution in [3.63, 3.8) is 0 Å². The first-order chi connectivity index (χ1) is 8.67. The lowest BCUT2D eigenvalue weighted by Gasteiger charge is -2.12. The van der Waals surface area contributed by atoms with Gasteiger partial charge in [-0.25, -0.2) is 4.79 Å². The zero-order valence-corrected chi connectivity index (χ0v) is 14.4. The monoisotopic (exact) mass is 339 g/mol. The zero-order chi connectivity index (χ0) is 14.8. The van der Waals surface area contributed by atoms with Gasteiger partial charge in [0.2, 0.25) is 0 Å². The average molecular weight is 340 g/mol. The molecular formula is C14H18BrNO2Si. The van der Waals surface area contributed by atoms with E-state index in [1.165, 1.54) is 7.11 Å². The zero-order valence-electron chi connectivity index (χ0n) is 11.8. The Morgan fingerprint density at radius 2 is 2.00 bits per heavy atom. The highest BCUT2D eigenvalue weighted by atomic mass is 79.9. The number of nitrogen functional groups attached to an aromatic ring is 1. The summed E-state index contributed by atoms with van der Waals surface area (Å²) in [5.74, 6) is 2.65. The predicted octanol–water partition coefficient (Wildman–Crippen LogP) is 3.36. The van der Waals surface area contributed by atoms with E-state index in [1.54, 1.807) is 0 Å². The van der Waals surface area contributed by atoms with Crippen LogP contribution >= 0.6 is 15.9 Å². The molecule has 0 saturated carbocycles. The molecule has 0 aliphatic heterocycles. The van der Waals surface area contributed by atoms with Crippen molar-refractivity contribution in [2.24, 2.45) is 0 Å². The maximum Gasteiger partial charge on any atom is 0.340 e. The van der Waals surface area contributed by atoms with Crippen molar-refractivity contribution in [1.82, 2.24) is 0 Å². The number of carbonyl (C=O) groups excluding carboxylic acids is 1. The molecule has 0 unspecified atom stereocenters. The Balaban J connectivity index is 3.48. The Labute approximate surface area is 123 Å². The van der Waals surface area contributed by atoms with Gasteiger partial charge in [0.25, 0.3) is 0 Å². The highest BCUT2D eigenvalue weighted by molar-refractivity contribution is 9.10. The van der Waals surface area contributed by atoms with Gasteiger partial charge in [-0.15, -0.1) is 5.54 Å². The summed E-state index contributed by atoms with van der Waals surface area (Å²) >= 11 is 3.43.